The molecule has 2 N–H and O–H groups in total. The molecule has 0 bridgehead atoms. The molecule has 45 heavy (non-hydrogen) atoms. The van der Waals surface area contributed by atoms with Crippen LogP contribution in [0.4, 0.5) is 18.9 Å². The van der Waals surface area contributed by atoms with Gasteiger partial charge in [0.15, 0.2) is 0 Å². The zero-order valence-corrected chi connectivity index (χ0v) is 27.1. The highest BCUT2D eigenvalue weighted by molar-refractivity contribution is 7.84. The van der Waals surface area contributed by atoms with Crippen LogP contribution < -0.4 is 10.6 Å². The fraction of sp³-hybridized carbons (Fsp3) is 0.486. The lowest BCUT2D eigenvalue weighted by atomic mass is 9.71. The highest BCUT2D eigenvalue weighted by Gasteiger charge is 2.41. The quantitative estimate of drug-likeness (QED) is 0.212. The van der Waals surface area contributed by atoms with E-state index < -0.39 is 17.6 Å². The summed E-state index contributed by atoms with van der Waals surface area (Å²) in [4.78, 5) is 31.8. The third-order valence-corrected chi connectivity index (χ3v) is 10.3. The molecule has 242 valence electrons. The van der Waals surface area contributed by atoms with Crippen LogP contribution in [-0.2, 0) is 17.5 Å². The van der Waals surface area contributed by atoms with Crippen molar-refractivity contribution in [2.75, 3.05) is 31.6 Å². The number of amides is 2. The Labute approximate surface area is 269 Å². The van der Waals surface area contributed by atoms with Crippen LogP contribution in [0, 0.1) is 11.8 Å². The van der Waals surface area contributed by atoms with Crippen LogP contribution in [-0.4, -0.2) is 48.3 Å². The number of likely N-dealkylation sites (tertiary alicyclic amines) is 1. The fourth-order valence-corrected chi connectivity index (χ4v) is 7.09. The Bertz CT molecular complexity index is 1500. The van der Waals surface area contributed by atoms with E-state index in [9.17, 15) is 22.8 Å². The SMILES string of the molecule is C=CC(=O)N1CC[C@H](CCN(C)[C@H](C)c2cc3c(c(C(F)(F)F)c2)CN(c2cccc([C@H](/C(N)=C(\C)S)C4CCC4)c2)C3=O)C1. The number of rotatable bonds is 10. The largest absolute Gasteiger partial charge is 0.416 e. The first-order valence-corrected chi connectivity index (χ1v) is 16.2. The number of hydrogen-bond donors (Lipinski definition) is 2. The average molecular weight is 641 g/mol. The van der Waals surface area contributed by atoms with Gasteiger partial charge in [0.2, 0.25) is 5.91 Å². The van der Waals surface area contributed by atoms with E-state index in [4.69, 9.17) is 5.73 Å². The number of allylic oxidation sites excluding steroid dienone is 2. The number of fused-ring (bicyclic) bond motifs is 1. The van der Waals surface area contributed by atoms with E-state index in [1.54, 1.807) is 17.0 Å². The van der Waals surface area contributed by atoms with Crippen LogP contribution in [0.1, 0.15) is 90.5 Å². The minimum absolute atomic E-state index is 0.00981. The number of hydrogen-bond acceptors (Lipinski definition) is 5. The minimum Gasteiger partial charge on any atom is -0.401 e. The number of nitrogens with zero attached hydrogens (tertiary/aromatic N) is 3. The molecule has 2 aliphatic heterocycles. The lowest BCUT2D eigenvalue weighted by molar-refractivity contribution is -0.138. The summed E-state index contributed by atoms with van der Waals surface area (Å²) < 4.78 is 43.5. The van der Waals surface area contributed by atoms with Gasteiger partial charge in [-0.05, 0) is 117 Å². The maximum Gasteiger partial charge on any atom is 0.416 e. The van der Waals surface area contributed by atoms with Crippen molar-refractivity contribution in [3.63, 3.8) is 0 Å². The molecule has 2 fully saturated rings. The Morgan fingerprint density at radius 1 is 1.20 bits per heavy atom. The van der Waals surface area contributed by atoms with Gasteiger partial charge < -0.3 is 15.5 Å². The number of thiol groups is 1. The van der Waals surface area contributed by atoms with E-state index in [0.717, 1.165) is 42.6 Å². The first-order chi connectivity index (χ1) is 21.3. The van der Waals surface area contributed by atoms with Crippen LogP contribution in [0.3, 0.4) is 0 Å². The van der Waals surface area contributed by atoms with Crippen molar-refractivity contribution in [1.29, 1.82) is 0 Å². The number of anilines is 1. The van der Waals surface area contributed by atoms with Gasteiger partial charge in [-0.15, -0.1) is 12.6 Å². The zero-order chi connectivity index (χ0) is 32.6. The monoisotopic (exact) mass is 640 g/mol. The minimum atomic E-state index is -4.61. The summed E-state index contributed by atoms with van der Waals surface area (Å²) in [5.41, 5.74) is 8.48. The normalized spacial score (nSPS) is 20.6. The number of halogens is 3. The molecule has 6 nitrogen and oxygen atoms in total. The zero-order valence-electron chi connectivity index (χ0n) is 26.2. The number of alkyl halides is 3. The summed E-state index contributed by atoms with van der Waals surface area (Å²) in [6, 6.07) is 9.99. The van der Waals surface area contributed by atoms with E-state index in [1.165, 1.54) is 17.0 Å². The molecule has 1 saturated carbocycles. The Balaban J connectivity index is 1.38. The summed E-state index contributed by atoms with van der Waals surface area (Å²) in [5.74, 6) is 0.131. The molecule has 0 aromatic heterocycles. The topological polar surface area (TPSA) is 69.9 Å². The van der Waals surface area contributed by atoms with Crippen molar-refractivity contribution in [2.45, 2.75) is 70.6 Å². The number of carbonyl (C=O) groups excluding carboxylic acids is 2. The molecule has 0 spiro atoms. The summed E-state index contributed by atoms with van der Waals surface area (Å²) in [5, 5.41) is 0. The van der Waals surface area contributed by atoms with Gasteiger partial charge in [-0.2, -0.15) is 13.2 Å². The van der Waals surface area contributed by atoms with E-state index in [0.29, 0.717) is 48.4 Å². The van der Waals surface area contributed by atoms with Crippen molar-refractivity contribution >= 4 is 30.1 Å². The molecule has 2 heterocycles. The van der Waals surface area contributed by atoms with Gasteiger partial charge in [0.1, 0.15) is 0 Å². The standard InChI is InChI=1S/C35H43F3N4O2S/c1-5-31(43)41-15-13-23(19-41)12-14-40(4)21(2)26-17-28-29(30(18-26)35(36,37)38)20-42(34(28)44)27-11-7-10-25(16-27)32(24-8-6-9-24)33(39)22(3)45/h5,7,10-11,16-18,21,23-24,32,45H,1,6,8-9,12-15,19-20,39H2,2-4H3/b33-22-/t21-,23+,32-/m1/s1. The molecule has 5 rings (SSSR count). The van der Waals surface area contributed by atoms with Crippen molar-refractivity contribution < 1.29 is 22.8 Å². The molecular weight excluding hydrogens is 597 g/mol. The molecule has 2 aromatic rings. The van der Waals surface area contributed by atoms with Crippen molar-refractivity contribution in [2.24, 2.45) is 17.6 Å². The van der Waals surface area contributed by atoms with Crippen molar-refractivity contribution in [3.05, 3.63) is 87.5 Å². The fourth-order valence-electron chi connectivity index (χ4n) is 6.96. The third-order valence-electron chi connectivity index (χ3n) is 10.1. The van der Waals surface area contributed by atoms with Gasteiger partial charge in [0.25, 0.3) is 5.91 Å². The molecule has 2 amide bonds. The van der Waals surface area contributed by atoms with Crippen LogP contribution in [0.25, 0.3) is 0 Å². The Hall–Kier alpha value is -3.24. The molecule has 2 aromatic carbocycles. The molecule has 3 aliphatic rings. The molecule has 10 heteroatoms. The molecule has 1 aliphatic carbocycles. The van der Waals surface area contributed by atoms with Gasteiger partial charge in [0.05, 0.1) is 12.1 Å². The van der Waals surface area contributed by atoms with Crippen LogP contribution >= 0.6 is 12.6 Å². The highest BCUT2D eigenvalue weighted by atomic mass is 32.1. The van der Waals surface area contributed by atoms with Crippen LogP contribution in [0.2, 0.25) is 0 Å². The molecule has 0 radical (unpaired) electrons. The summed E-state index contributed by atoms with van der Waals surface area (Å²) >= 11 is 4.49. The first kappa shape index (κ1) is 33.1. The Morgan fingerprint density at radius 2 is 1.93 bits per heavy atom. The van der Waals surface area contributed by atoms with E-state index in [1.807, 2.05) is 44.0 Å². The second kappa shape index (κ2) is 13.2. The van der Waals surface area contributed by atoms with Crippen LogP contribution in [0.15, 0.2) is 59.7 Å². The number of nitrogens with two attached hydrogens (primary N) is 1. The first-order valence-electron chi connectivity index (χ1n) is 15.7. The van der Waals surface area contributed by atoms with E-state index in [2.05, 4.69) is 19.2 Å². The highest BCUT2D eigenvalue weighted by Crippen LogP contribution is 2.45. The molecular formula is C35H43F3N4O2S. The Kier molecular flexibility index (Phi) is 9.75. The van der Waals surface area contributed by atoms with Gasteiger partial charge in [-0.25, -0.2) is 0 Å². The molecule has 3 atom stereocenters. The smallest absolute Gasteiger partial charge is 0.401 e. The van der Waals surface area contributed by atoms with Crippen LogP contribution in [0.5, 0.6) is 0 Å². The average Bonchev–Trinajstić information content (AvgIpc) is 3.60. The van der Waals surface area contributed by atoms with Gasteiger partial charge in [-0.1, -0.05) is 25.1 Å². The second-order valence-electron chi connectivity index (χ2n) is 12.9. The number of carbonyl (C=O) groups is 2. The van der Waals surface area contributed by atoms with Crippen molar-refractivity contribution in [3.8, 4) is 0 Å². The maximum atomic E-state index is 14.5. The predicted octanol–water partition coefficient (Wildman–Crippen LogP) is 7.29. The summed E-state index contributed by atoms with van der Waals surface area (Å²) in [6.07, 6.45) is 1.64. The predicted molar refractivity (Wildman–Crippen MR) is 175 cm³/mol. The summed E-state index contributed by atoms with van der Waals surface area (Å²) in [7, 11) is 1.89. The summed E-state index contributed by atoms with van der Waals surface area (Å²) in [6.45, 7) is 9.14. The third kappa shape index (κ3) is 6.82. The molecule has 0 unspecified atom stereocenters. The van der Waals surface area contributed by atoms with Gasteiger partial charge >= 0.3 is 6.18 Å². The Morgan fingerprint density at radius 3 is 2.56 bits per heavy atom. The van der Waals surface area contributed by atoms with Crippen molar-refractivity contribution in [1.82, 2.24) is 9.80 Å². The van der Waals surface area contributed by atoms with Gasteiger partial charge in [-0.3, -0.25) is 14.5 Å². The lowest BCUT2D eigenvalue weighted by Gasteiger charge is -2.35. The van der Waals surface area contributed by atoms with E-state index >= 15 is 0 Å². The van der Waals surface area contributed by atoms with E-state index in [-0.39, 0.29) is 35.5 Å². The second-order valence-corrected chi connectivity index (χ2v) is 13.5. The number of benzene rings is 2. The van der Waals surface area contributed by atoms with Gasteiger partial charge in [0, 0.05) is 42.0 Å². The maximum absolute atomic E-state index is 14.5. The molecule has 1 saturated heterocycles. The lowest BCUT2D eigenvalue weighted by Crippen LogP contribution is -2.28.